The number of carbonyl (C=O) groups is 1. The maximum Gasteiger partial charge on any atom is 0.244 e. The van der Waals surface area contributed by atoms with E-state index in [0.717, 1.165) is 10.2 Å². The zero-order chi connectivity index (χ0) is 19.3. The molecule has 0 saturated carbocycles. The average Bonchev–Trinajstić information content (AvgIpc) is 3.06. The first kappa shape index (κ1) is 19.0. The van der Waals surface area contributed by atoms with Crippen LogP contribution in [0.5, 0.6) is 0 Å². The van der Waals surface area contributed by atoms with E-state index in [0.29, 0.717) is 6.42 Å². The molecule has 140 valence electrons. The molecule has 1 aromatic heterocycles. The van der Waals surface area contributed by atoms with Crippen LogP contribution in [-0.2, 0) is 14.8 Å². The number of nitrogens with one attached hydrogen (secondary N) is 1. The van der Waals surface area contributed by atoms with Crippen molar-refractivity contribution in [2.45, 2.75) is 56.1 Å². The molecule has 0 bridgehead atoms. The molecule has 6 nitrogen and oxygen atoms in total. The Morgan fingerprint density at radius 3 is 2.73 bits per heavy atom. The van der Waals surface area contributed by atoms with Crippen LogP contribution < -0.4 is 5.32 Å². The summed E-state index contributed by atoms with van der Waals surface area (Å²) < 4.78 is 29.4. The summed E-state index contributed by atoms with van der Waals surface area (Å²) in [6.07, 6.45) is 1.72. The minimum atomic E-state index is -3.76. The normalized spacial score (nSPS) is 22.4. The van der Waals surface area contributed by atoms with Gasteiger partial charge in [0, 0.05) is 11.6 Å². The molecule has 1 aliphatic rings. The highest BCUT2D eigenvalue weighted by Gasteiger charge is 2.57. The SMILES string of the molecule is C=CC(=O)NC1CC(C)(C)N(S(=O)(=O)c2ccc3ncsc3c2)C1(C)C. The lowest BCUT2D eigenvalue weighted by atomic mass is 9.94. The maximum atomic E-state index is 13.5. The van der Waals surface area contributed by atoms with E-state index in [-0.39, 0.29) is 16.8 Å². The fraction of sp³-hybridized carbons (Fsp3) is 0.444. The van der Waals surface area contributed by atoms with Gasteiger partial charge in [0.25, 0.3) is 0 Å². The smallest absolute Gasteiger partial charge is 0.244 e. The number of fused-ring (bicyclic) bond motifs is 1. The van der Waals surface area contributed by atoms with Crippen molar-refractivity contribution in [1.82, 2.24) is 14.6 Å². The summed E-state index contributed by atoms with van der Waals surface area (Å²) in [5, 5.41) is 2.88. The third-order valence-electron chi connectivity index (χ3n) is 4.97. The van der Waals surface area contributed by atoms with Crippen molar-refractivity contribution in [2.24, 2.45) is 0 Å². The van der Waals surface area contributed by atoms with Gasteiger partial charge in [-0.15, -0.1) is 11.3 Å². The molecular formula is C18H23N3O3S2. The van der Waals surface area contributed by atoms with Crippen LogP contribution in [0.3, 0.4) is 0 Å². The molecule has 1 aliphatic heterocycles. The van der Waals surface area contributed by atoms with Crippen molar-refractivity contribution in [3.8, 4) is 0 Å². The molecule has 1 fully saturated rings. The highest BCUT2D eigenvalue weighted by atomic mass is 32.2. The molecule has 1 unspecified atom stereocenters. The predicted molar refractivity (Wildman–Crippen MR) is 104 cm³/mol. The first-order valence-corrected chi connectivity index (χ1v) is 10.6. The largest absolute Gasteiger partial charge is 0.348 e. The monoisotopic (exact) mass is 393 g/mol. The van der Waals surface area contributed by atoms with Crippen LogP contribution in [0, 0.1) is 0 Å². The number of thiazole rings is 1. The van der Waals surface area contributed by atoms with E-state index in [2.05, 4.69) is 16.9 Å². The molecule has 0 aliphatic carbocycles. The molecule has 26 heavy (non-hydrogen) atoms. The van der Waals surface area contributed by atoms with E-state index >= 15 is 0 Å². The van der Waals surface area contributed by atoms with Gasteiger partial charge in [0.15, 0.2) is 0 Å². The molecule has 2 heterocycles. The lowest BCUT2D eigenvalue weighted by molar-refractivity contribution is -0.117. The minimum Gasteiger partial charge on any atom is -0.348 e. The van der Waals surface area contributed by atoms with E-state index < -0.39 is 21.1 Å². The number of hydrogen-bond acceptors (Lipinski definition) is 5. The first-order chi connectivity index (χ1) is 12.0. The average molecular weight is 394 g/mol. The van der Waals surface area contributed by atoms with Crippen LogP contribution in [0.25, 0.3) is 10.2 Å². The van der Waals surface area contributed by atoms with E-state index in [9.17, 15) is 13.2 Å². The topological polar surface area (TPSA) is 79.4 Å². The Hall–Kier alpha value is -1.77. The molecule has 2 aromatic rings. The van der Waals surface area contributed by atoms with E-state index in [4.69, 9.17) is 0 Å². The molecule has 1 aromatic carbocycles. The Bertz CT molecular complexity index is 976. The second-order valence-electron chi connectivity index (χ2n) is 7.69. The Balaban J connectivity index is 2.07. The predicted octanol–water partition coefficient (Wildman–Crippen LogP) is 2.92. The van der Waals surface area contributed by atoms with Crippen molar-refractivity contribution < 1.29 is 13.2 Å². The third-order valence-corrected chi connectivity index (χ3v) is 8.06. The number of nitrogens with zero attached hydrogens (tertiary/aromatic N) is 2. The van der Waals surface area contributed by atoms with Crippen molar-refractivity contribution in [1.29, 1.82) is 0 Å². The summed E-state index contributed by atoms with van der Waals surface area (Å²) in [5.74, 6) is -0.302. The molecule has 1 amide bonds. The van der Waals surface area contributed by atoms with Gasteiger partial charge in [0.1, 0.15) is 0 Å². The lowest BCUT2D eigenvalue weighted by Crippen LogP contribution is -2.56. The van der Waals surface area contributed by atoms with E-state index in [1.165, 1.54) is 21.7 Å². The van der Waals surface area contributed by atoms with Gasteiger partial charge in [-0.25, -0.2) is 13.4 Å². The summed E-state index contributed by atoms with van der Waals surface area (Å²) in [4.78, 5) is 16.3. The highest BCUT2D eigenvalue weighted by molar-refractivity contribution is 7.89. The number of aromatic nitrogens is 1. The molecule has 1 saturated heterocycles. The zero-order valence-corrected chi connectivity index (χ0v) is 16.9. The number of carbonyl (C=O) groups excluding carboxylic acids is 1. The third kappa shape index (κ3) is 2.95. The van der Waals surface area contributed by atoms with Gasteiger partial charge in [-0.05, 0) is 58.4 Å². The maximum absolute atomic E-state index is 13.5. The first-order valence-electron chi connectivity index (χ1n) is 8.32. The van der Waals surface area contributed by atoms with Crippen molar-refractivity contribution >= 4 is 37.5 Å². The molecule has 1 N–H and O–H groups in total. The fourth-order valence-corrected chi connectivity index (χ4v) is 6.93. The van der Waals surface area contributed by atoms with Crippen LogP contribution in [0.4, 0.5) is 0 Å². The molecule has 1 atom stereocenters. The molecule has 0 radical (unpaired) electrons. The van der Waals surface area contributed by atoms with E-state index in [1.54, 1.807) is 23.7 Å². The minimum absolute atomic E-state index is 0.242. The van der Waals surface area contributed by atoms with Gasteiger partial charge in [0.2, 0.25) is 15.9 Å². The van der Waals surface area contributed by atoms with Crippen molar-refractivity contribution in [2.75, 3.05) is 0 Å². The van der Waals surface area contributed by atoms with E-state index in [1.807, 2.05) is 27.7 Å². The second-order valence-corrected chi connectivity index (χ2v) is 10.4. The second kappa shape index (κ2) is 6.14. The van der Waals surface area contributed by atoms with Gasteiger partial charge in [-0.1, -0.05) is 6.58 Å². The van der Waals surface area contributed by atoms with Crippen molar-refractivity contribution in [3.63, 3.8) is 0 Å². The number of benzene rings is 1. The Labute approximate surface area is 158 Å². The lowest BCUT2D eigenvalue weighted by Gasteiger charge is -2.40. The summed E-state index contributed by atoms with van der Waals surface area (Å²) in [6, 6.07) is 4.68. The molecular weight excluding hydrogens is 370 g/mol. The van der Waals surface area contributed by atoms with Crippen LogP contribution >= 0.6 is 11.3 Å². The number of sulfonamides is 1. The van der Waals surface area contributed by atoms with Crippen LogP contribution in [-0.4, -0.2) is 40.7 Å². The fourth-order valence-electron chi connectivity index (χ4n) is 3.95. The van der Waals surface area contributed by atoms with Crippen LogP contribution in [0.2, 0.25) is 0 Å². The van der Waals surface area contributed by atoms with Gasteiger partial charge in [0.05, 0.1) is 26.2 Å². The Morgan fingerprint density at radius 2 is 2.08 bits per heavy atom. The quantitative estimate of drug-likeness (QED) is 0.810. The summed E-state index contributed by atoms with van der Waals surface area (Å²) in [5.41, 5.74) is 1.05. The molecule has 3 rings (SSSR count). The van der Waals surface area contributed by atoms with Crippen LogP contribution in [0.1, 0.15) is 34.1 Å². The Morgan fingerprint density at radius 1 is 1.38 bits per heavy atom. The Kier molecular flexibility index (Phi) is 4.49. The molecule has 0 spiro atoms. The summed E-state index contributed by atoms with van der Waals surface area (Å²) in [6.45, 7) is 10.9. The number of hydrogen-bond donors (Lipinski definition) is 1. The van der Waals surface area contributed by atoms with Crippen molar-refractivity contribution in [3.05, 3.63) is 36.4 Å². The van der Waals surface area contributed by atoms with Gasteiger partial charge in [-0.2, -0.15) is 4.31 Å². The number of amides is 1. The summed E-state index contributed by atoms with van der Waals surface area (Å²) in [7, 11) is -3.76. The highest BCUT2D eigenvalue weighted by Crippen LogP contribution is 2.45. The summed E-state index contributed by atoms with van der Waals surface area (Å²) >= 11 is 1.41. The van der Waals surface area contributed by atoms with Gasteiger partial charge in [-0.3, -0.25) is 4.79 Å². The zero-order valence-electron chi connectivity index (χ0n) is 15.3. The van der Waals surface area contributed by atoms with Gasteiger partial charge >= 0.3 is 0 Å². The number of rotatable bonds is 4. The van der Waals surface area contributed by atoms with Crippen LogP contribution in [0.15, 0.2) is 41.3 Å². The molecule has 8 heteroatoms. The standard InChI is InChI=1S/C18H23N3O3S2/c1-6-16(22)20-15-10-17(2,3)21(18(15,4)5)26(23,24)12-7-8-13-14(9-12)25-11-19-13/h6-9,11,15H,1,10H2,2-5H3,(H,20,22). The van der Waals surface area contributed by atoms with Gasteiger partial charge < -0.3 is 5.32 Å².